The van der Waals surface area contributed by atoms with Crippen molar-refractivity contribution in [2.45, 2.75) is 25.4 Å². The van der Waals surface area contributed by atoms with Gasteiger partial charge in [0, 0.05) is 24.8 Å². The van der Waals surface area contributed by atoms with Gasteiger partial charge in [-0.05, 0) is 47.7 Å². The number of halogens is 1. The monoisotopic (exact) mass is 477 g/mol. The zero-order valence-electron chi connectivity index (χ0n) is 19.2. The third kappa shape index (κ3) is 3.81. The van der Waals surface area contributed by atoms with Crippen LogP contribution in [0.15, 0.2) is 48.7 Å². The van der Waals surface area contributed by atoms with Gasteiger partial charge in [-0.15, -0.1) is 0 Å². The van der Waals surface area contributed by atoms with Gasteiger partial charge in [0.15, 0.2) is 22.9 Å². The average molecular weight is 478 g/mol. The molecule has 2 aromatic heterocycles. The number of rotatable bonds is 6. The molecule has 34 heavy (non-hydrogen) atoms. The first-order valence-corrected chi connectivity index (χ1v) is 11.3. The van der Waals surface area contributed by atoms with Crippen LogP contribution >= 0.6 is 11.6 Å². The first kappa shape index (κ1) is 22.4. The molecule has 4 aromatic rings. The second-order valence-corrected chi connectivity index (χ2v) is 8.70. The molecule has 0 spiro atoms. The predicted molar refractivity (Wildman–Crippen MR) is 129 cm³/mol. The first-order chi connectivity index (χ1) is 16.5. The first-order valence-electron chi connectivity index (χ1n) is 10.9. The van der Waals surface area contributed by atoms with Crippen LogP contribution in [0.3, 0.4) is 0 Å². The van der Waals surface area contributed by atoms with Crippen molar-refractivity contribution in [3.63, 3.8) is 0 Å². The Balaban J connectivity index is 1.64. The van der Waals surface area contributed by atoms with Crippen LogP contribution < -0.4 is 9.47 Å². The van der Waals surface area contributed by atoms with E-state index in [0.29, 0.717) is 47.2 Å². The maximum absolute atomic E-state index is 13.1. The van der Waals surface area contributed by atoms with E-state index in [2.05, 4.69) is 4.98 Å². The Morgan fingerprint density at radius 2 is 1.88 bits per heavy atom. The Bertz CT molecular complexity index is 1400. The van der Waals surface area contributed by atoms with Crippen LogP contribution in [0.4, 0.5) is 0 Å². The molecule has 2 heterocycles. The minimum atomic E-state index is -0.0184. The lowest BCUT2D eigenvalue weighted by atomic mass is 9.82. The highest BCUT2D eigenvalue weighted by Gasteiger charge is 2.31. The summed E-state index contributed by atoms with van der Waals surface area (Å²) in [5, 5.41) is 5.46. The molecule has 0 saturated heterocycles. The van der Waals surface area contributed by atoms with Crippen molar-refractivity contribution in [3.8, 4) is 22.6 Å². The van der Waals surface area contributed by atoms with Crippen LogP contribution in [0.5, 0.6) is 11.5 Å². The summed E-state index contributed by atoms with van der Waals surface area (Å²) in [5.74, 6) is 1.32. The van der Waals surface area contributed by atoms with E-state index in [1.165, 1.54) is 0 Å². The summed E-state index contributed by atoms with van der Waals surface area (Å²) < 4.78 is 18.1. The summed E-state index contributed by atoms with van der Waals surface area (Å²) in [6.45, 7) is 0.313. The van der Waals surface area contributed by atoms with Crippen LogP contribution in [0, 0.1) is 0 Å². The lowest BCUT2D eigenvalue weighted by Gasteiger charge is -2.24. The molecule has 8 heteroatoms. The molecule has 5 rings (SSSR count). The number of carbonyl (C=O) groups is 1. The second-order valence-electron chi connectivity index (χ2n) is 8.26. The second kappa shape index (κ2) is 9.08. The predicted octanol–water partition coefficient (Wildman–Crippen LogP) is 5.13. The highest BCUT2D eigenvalue weighted by molar-refractivity contribution is 6.30. The van der Waals surface area contributed by atoms with Gasteiger partial charge >= 0.3 is 0 Å². The van der Waals surface area contributed by atoms with E-state index >= 15 is 0 Å². The summed E-state index contributed by atoms with van der Waals surface area (Å²) in [6, 6.07) is 13.4. The molecular weight excluding hydrogens is 454 g/mol. The van der Waals surface area contributed by atoms with E-state index in [1.807, 2.05) is 42.5 Å². The van der Waals surface area contributed by atoms with Crippen molar-refractivity contribution in [2.75, 3.05) is 21.3 Å². The van der Waals surface area contributed by atoms with Crippen molar-refractivity contribution in [1.82, 2.24) is 14.6 Å². The molecule has 0 radical (unpaired) electrons. The molecule has 0 N–H and O–H groups in total. The Kier molecular flexibility index (Phi) is 5.98. The Labute approximate surface area is 202 Å². The standard InChI is InChI=1S/C26H24ClN3O4/c1-32-14-20-25(16-5-4-6-18(27)9-16)26-28-13-19-21(30(26)29-20)10-17(11-22(19)31)15-7-8-23(33-2)24(12-15)34-3/h4-9,12-13,17H,10-11,14H2,1-3H3. The normalized spacial score (nSPS) is 15.4. The molecule has 2 aromatic carbocycles. The topological polar surface area (TPSA) is 75.0 Å². The zero-order chi connectivity index (χ0) is 23.8. The quantitative estimate of drug-likeness (QED) is 0.383. The van der Waals surface area contributed by atoms with Crippen LogP contribution in [0.25, 0.3) is 16.8 Å². The number of hydrogen-bond acceptors (Lipinski definition) is 6. The Morgan fingerprint density at radius 3 is 2.62 bits per heavy atom. The fourth-order valence-corrected chi connectivity index (χ4v) is 4.85. The molecule has 0 amide bonds. The number of ketones is 1. The fourth-order valence-electron chi connectivity index (χ4n) is 4.66. The van der Waals surface area contributed by atoms with E-state index in [1.54, 1.807) is 32.0 Å². The molecule has 0 fully saturated rings. The van der Waals surface area contributed by atoms with E-state index in [-0.39, 0.29) is 11.7 Å². The number of nitrogens with zero attached hydrogens (tertiary/aromatic N) is 3. The molecule has 0 bridgehead atoms. The minimum absolute atomic E-state index is 0.0184. The van der Waals surface area contributed by atoms with Gasteiger partial charge in [-0.2, -0.15) is 5.10 Å². The van der Waals surface area contributed by atoms with Gasteiger partial charge in [-0.1, -0.05) is 29.8 Å². The fraction of sp³-hybridized carbons (Fsp3) is 0.269. The van der Waals surface area contributed by atoms with Crippen LogP contribution in [0.2, 0.25) is 5.02 Å². The van der Waals surface area contributed by atoms with Gasteiger partial charge < -0.3 is 14.2 Å². The third-order valence-corrected chi connectivity index (χ3v) is 6.50. The largest absolute Gasteiger partial charge is 0.493 e. The van der Waals surface area contributed by atoms with E-state index in [4.69, 9.17) is 30.9 Å². The van der Waals surface area contributed by atoms with Gasteiger partial charge in [0.2, 0.25) is 0 Å². The number of aromatic nitrogens is 3. The van der Waals surface area contributed by atoms with Crippen molar-refractivity contribution in [1.29, 1.82) is 0 Å². The van der Waals surface area contributed by atoms with E-state index in [9.17, 15) is 4.79 Å². The highest BCUT2D eigenvalue weighted by atomic mass is 35.5. The molecule has 174 valence electrons. The number of Topliss-reactive ketones (excluding diaryl/α,β-unsaturated/α-hetero) is 1. The number of methoxy groups -OCH3 is 3. The highest BCUT2D eigenvalue weighted by Crippen LogP contribution is 2.38. The third-order valence-electron chi connectivity index (χ3n) is 6.26. The Hall–Kier alpha value is -3.42. The average Bonchev–Trinajstić information content (AvgIpc) is 3.22. The number of fused-ring (bicyclic) bond motifs is 3. The van der Waals surface area contributed by atoms with Gasteiger partial charge in [-0.3, -0.25) is 4.79 Å². The molecule has 7 nitrogen and oxygen atoms in total. The maximum Gasteiger partial charge on any atom is 0.166 e. The molecule has 1 atom stereocenters. The van der Waals surface area contributed by atoms with Gasteiger partial charge in [0.25, 0.3) is 0 Å². The summed E-state index contributed by atoms with van der Waals surface area (Å²) in [7, 11) is 4.84. The Morgan fingerprint density at radius 1 is 1.06 bits per heavy atom. The van der Waals surface area contributed by atoms with Crippen molar-refractivity contribution < 1.29 is 19.0 Å². The van der Waals surface area contributed by atoms with Crippen molar-refractivity contribution in [3.05, 3.63) is 76.2 Å². The van der Waals surface area contributed by atoms with Crippen LogP contribution in [-0.4, -0.2) is 41.7 Å². The lowest BCUT2D eigenvalue weighted by molar-refractivity contribution is 0.0962. The van der Waals surface area contributed by atoms with Crippen molar-refractivity contribution >= 4 is 23.0 Å². The number of hydrogen-bond donors (Lipinski definition) is 0. The summed E-state index contributed by atoms with van der Waals surface area (Å²) in [4.78, 5) is 17.8. The molecule has 1 aliphatic rings. The maximum atomic E-state index is 13.1. The summed E-state index contributed by atoms with van der Waals surface area (Å²) in [6.07, 6.45) is 2.70. The van der Waals surface area contributed by atoms with Crippen LogP contribution in [0.1, 0.15) is 39.6 Å². The molecule has 0 aliphatic heterocycles. The van der Waals surface area contributed by atoms with Gasteiger partial charge in [0.05, 0.1) is 43.3 Å². The molecule has 0 saturated carbocycles. The number of ether oxygens (including phenoxy) is 3. The molecule has 1 aliphatic carbocycles. The van der Waals surface area contributed by atoms with Crippen LogP contribution in [-0.2, 0) is 17.8 Å². The lowest BCUT2D eigenvalue weighted by Crippen LogP contribution is -2.22. The molecule has 1 unspecified atom stereocenters. The van der Waals surface area contributed by atoms with E-state index < -0.39 is 0 Å². The van der Waals surface area contributed by atoms with Crippen molar-refractivity contribution in [2.24, 2.45) is 0 Å². The smallest absolute Gasteiger partial charge is 0.166 e. The number of benzene rings is 2. The SMILES string of the molecule is COCc1nn2c3c(cnc2c1-c1cccc(Cl)c1)C(=O)CC(c1ccc(OC)c(OC)c1)C3. The summed E-state index contributed by atoms with van der Waals surface area (Å²) in [5.41, 5.74) is 5.63. The zero-order valence-corrected chi connectivity index (χ0v) is 19.9. The van der Waals surface area contributed by atoms with E-state index in [0.717, 1.165) is 28.1 Å². The summed E-state index contributed by atoms with van der Waals surface area (Å²) >= 11 is 6.27. The van der Waals surface area contributed by atoms with Gasteiger partial charge in [-0.25, -0.2) is 9.50 Å². The van der Waals surface area contributed by atoms with Gasteiger partial charge in [0.1, 0.15) is 0 Å². The minimum Gasteiger partial charge on any atom is -0.493 e. The number of carbonyl (C=O) groups excluding carboxylic acids is 1. The molecular formula is C26H24ClN3O4.